The molecule has 0 radical (unpaired) electrons. The highest BCUT2D eigenvalue weighted by Crippen LogP contribution is 2.36. The van der Waals surface area contributed by atoms with E-state index in [1.54, 1.807) is 0 Å². The van der Waals surface area contributed by atoms with Gasteiger partial charge in [-0.05, 0) is 25.8 Å². The summed E-state index contributed by atoms with van der Waals surface area (Å²) >= 11 is 1.88. The molecule has 0 spiro atoms. The van der Waals surface area contributed by atoms with Crippen LogP contribution in [0.5, 0.6) is 0 Å². The molecule has 0 saturated heterocycles. The van der Waals surface area contributed by atoms with Crippen molar-refractivity contribution in [2.45, 2.75) is 38.1 Å². The van der Waals surface area contributed by atoms with Crippen LogP contribution in [0.25, 0.3) is 0 Å². The molecule has 0 unspecified atom stereocenters. The molecular formula is C10H16N2S. The summed E-state index contributed by atoms with van der Waals surface area (Å²) in [6.45, 7) is 0.914. The lowest BCUT2D eigenvalue weighted by Crippen LogP contribution is -2.03. The fourth-order valence-corrected chi connectivity index (χ4v) is 3.06. The minimum absolute atomic E-state index is 0.822. The predicted octanol–water partition coefficient (Wildman–Crippen LogP) is 2.52. The van der Waals surface area contributed by atoms with Gasteiger partial charge in [-0.1, -0.05) is 12.8 Å². The van der Waals surface area contributed by atoms with E-state index in [9.17, 15) is 0 Å². The number of nitrogens with zero attached hydrogens (tertiary/aromatic N) is 1. The second kappa shape index (κ2) is 4.20. The van der Waals surface area contributed by atoms with Gasteiger partial charge in [0.2, 0.25) is 0 Å². The maximum Gasteiger partial charge on any atom is 0.107 e. The minimum Gasteiger partial charge on any atom is -0.314 e. The Morgan fingerprint density at radius 3 is 3.00 bits per heavy atom. The van der Waals surface area contributed by atoms with E-state index in [0.717, 1.165) is 12.5 Å². The number of hydrogen-bond acceptors (Lipinski definition) is 3. The van der Waals surface area contributed by atoms with Crippen LogP contribution in [0.3, 0.4) is 0 Å². The molecule has 1 saturated carbocycles. The molecule has 13 heavy (non-hydrogen) atoms. The molecule has 1 aliphatic carbocycles. The van der Waals surface area contributed by atoms with E-state index in [-0.39, 0.29) is 0 Å². The third kappa shape index (κ3) is 2.09. The van der Waals surface area contributed by atoms with E-state index in [1.807, 2.05) is 18.4 Å². The van der Waals surface area contributed by atoms with Crippen LogP contribution in [0.2, 0.25) is 0 Å². The van der Waals surface area contributed by atoms with Crippen LogP contribution in [0.4, 0.5) is 0 Å². The molecule has 1 heterocycles. The van der Waals surface area contributed by atoms with Crippen molar-refractivity contribution in [3.8, 4) is 0 Å². The second-order valence-electron chi connectivity index (χ2n) is 3.67. The largest absolute Gasteiger partial charge is 0.314 e. The molecule has 1 aliphatic rings. The van der Waals surface area contributed by atoms with Crippen molar-refractivity contribution in [1.82, 2.24) is 10.3 Å². The summed E-state index contributed by atoms with van der Waals surface area (Å²) in [5.41, 5.74) is 0. The fraction of sp³-hybridized carbons (Fsp3) is 0.700. The summed E-state index contributed by atoms with van der Waals surface area (Å²) in [6.07, 6.45) is 7.64. The van der Waals surface area contributed by atoms with Crippen molar-refractivity contribution in [2.75, 3.05) is 7.05 Å². The monoisotopic (exact) mass is 196 g/mol. The number of aromatic nitrogens is 1. The van der Waals surface area contributed by atoms with E-state index in [0.29, 0.717) is 0 Å². The SMILES string of the molecule is CNCc1ncc(C2CCCC2)s1. The first-order chi connectivity index (χ1) is 6.40. The first-order valence-corrected chi connectivity index (χ1v) is 5.81. The summed E-state index contributed by atoms with van der Waals surface area (Å²) in [4.78, 5) is 5.91. The first kappa shape index (κ1) is 9.16. The van der Waals surface area contributed by atoms with Gasteiger partial charge in [0.05, 0.1) is 0 Å². The van der Waals surface area contributed by atoms with E-state index in [1.165, 1.54) is 35.6 Å². The van der Waals surface area contributed by atoms with Crippen molar-refractivity contribution in [1.29, 1.82) is 0 Å². The van der Waals surface area contributed by atoms with Gasteiger partial charge in [0.25, 0.3) is 0 Å². The van der Waals surface area contributed by atoms with Crippen molar-refractivity contribution >= 4 is 11.3 Å². The average Bonchev–Trinajstić information content (AvgIpc) is 2.70. The summed E-state index contributed by atoms with van der Waals surface area (Å²) in [5.74, 6) is 0.822. The van der Waals surface area contributed by atoms with Gasteiger partial charge in [0.1, 0.15) is 5.01 Å². The summed E-state index contributed by atoms with van der Waals surface area (Å²) in [6, 6.07) is 0. The van der Waals surface area contributed by atoms with Gasteiger partial charge >= 0.3 is 0 Å². The average molecular weight is 196 g/mol. The number of rotatable bonds is 3. The van der Waals surface area contributed by atoms with Crippen molar-refractivity contribution < 1.29 is 0 Å². The molecule has 1 aromatic heterocycles. The van der Waals surface area contributed by atoms with Crippen LogP contribution in [0.15, 0.2) is 6.20 Å². The maximum absolute atomic E-state index is 4.41. The zero-order chi connectivity index (χ0) is 9.10. The van der Waals surface area contributed by atoms with E-state index in [4.69, 9.17) is 0 Å². The Balaban J connectivity index is 2.03. The van der Waals surface area contributed by atoms with Gasteiger partial charge in [-0.25, -0.2) is 4.98 Å². The van der Waals surface area contributed by atoms with Gasteiger partial charge in [0, 0.05) is 17.6 Å². The zero-order valence-corrected chi connectivity index (χ0v) is 8.86. The lowest BCUT2D eigenvalue weighted by molar-refractivity contribution is 0.736. The molecule has 1 fully saturated rings. The molecule has 0 bridgehead atoms. The van der Waals surface area contributed by atoms with Gasteiger partial charge in [0.15, 0.2) is 0 Å². The molecule has 0 amide bonds. The quantitative estimate of drug-likeness (QED) is 0.803. The summed E-state index contributed by atoms with van der Waals surface area (Å²) < 4.78 is 0. The van der Waals surface area contributed by atoms with Crippen LogP contribution in [0.1, 0.15) is 41.5 Å². The number of thiazole rings is 1. The Labute approximate surface area is 83.4 Å². The molecule has 0 aliphatic heterocycles. The van der Waals surface area contributed by atoms with Crippen LogP contribution >= 0.6 is 11.3 Å². The number of nitrogens with one attached hydrogen (secondary N) is 1. The Hall–Kier alpha value is -0.410. The fourth-order valence-electron chi connectivity index (χ4n) is 1.96. The normalized spacial score (nSPS) is 18.2. The van der Waals surface area contributed by atoms with Gasteiger partial charge in [-0.3, -0.25) is 0 Å². The van der Waals surface area contributed by atoms with E-state index in [2.05, 4.69) is 16.5 Å². The lowest BCUT2D eigenvalue weighted by atomic mass is 10.1. The Bertz CT molecular complexity index is 264. The lowest BCUT2D eigenvalue weighted by Gasteiger charge is -2.02. The highest BCUT2D eigenvalue weighted by Gasteiger charge is 2.18. The van der Waals surface area contributed by atoms with Crippen molar-refractivity contribution in [2.24, 2.45) is 0 Å². The Morgan fingerprint density at radius 1 is 1.54 bits per heavy atom. The van der Waals surface area contributed by atoms with Crippen LogP contribution in [-0.2, 0) is 6.54 Å². The van der Waals surface area contributed by atoms with Crippen LogP contribution < -0.4 is 5.32 Å². The highest BCUT2D eigenvalue weighted by atomic mass is 32.1. The standard InChI is InChI=1S/C10H16N2S/c1-11-7-10-12-6-9(13-10)8-4-2-3-5-8/h6,8,11H,2-5,7H2,1H3. The highest BCUT2D eigenvalue weighted by molar-refractivity contribution is 7.11. The maximum atomic E-state index is 4.41. The molecule has 0 atom stereocenters. The van der Waals surface area contributed by atoms with Gasteiger partial charge < -0.3 is 5.32 Å². The minimum atomic E-state index is 0.822. The summed E-state index contributed by atoms with van der Waals surface area (Å²) in [5, 5.41) is 4.36. The number of hydrogen-bond donors (Lipinski definition) is 1. The first-order valence-electron chi connectivity index (χ1n) is 4.99. The molecule has 1 N–H and O–H groups in total. The molecule has 0 aromatic carbocycles. The second-order valence-corrected chi connectivity index (χ2v) is 4.81. The van der Waals surface area contributed by atoms with E-state index >= 15 is 0 Å². The smallest absolute Gasteiger partial charge is 0.107 e. The Kier molecular flexibility index (Phi) is 2.96. The van der Waals surface area contributed by atoms with Crippen molar-refractivity contribution in [3.05, 3.63) is 16.1 Å². The van der Waals surface area contributed by atoms with Crippen LogP contribution in [-0.4, -0.2) is 12.0 Å². The third-order valence-corrected chi connectivity index (χ3v) is 3.82. The van der Waals surface area contributed by atoms with Gasteiger partial charge in [-0.2, -0.15) is 0 Å². The molecule has 72 valence electrons. The van der Waals surface area contributed by atoms with Crippen LogP contribution in [0, 0.1) is 0 Å². The molecule has 2 rings (SSSR count). The van der Waals surface area contributed by atoms with E-state index < -0.39 is 0 Å². The predicted molar refractivity (Wildman–Crippen MR) is 56.1 cm³/mol. The van der Waals surface area contributed by atoms with Gasteiger partial charge in [-0.15, -0.1) is 11.3 Å². The topological polar surface area (TPSA) is 24.9 Å². The third-order valence-electron chi connectivity index (χ3n) is 2.66. The molecule has 1 aromatic rings. The summed E-state index contributed by atoms with van der Waals surface area (Å²) in [7, 11) is 1.97. The molecule has 3 heteroatoms. The zero-order valence-electron chi connectivity index (χ0n) is 8.05. The molecule has 2 nitrogen and oxygen atoms in total. The molecular weight excluding hydrogens is 180 g/mol. The van der Waals surface area contributed by atoms with Crippen molar-refractivity contribution in [3.63, 3.8) is 0 Å². The Morgan fingerprint density at radius 2 is 2.31 bits per heavy atom.